The Kier molecular flexibility index (Phi) is 8.73. The maximum Gasteiger partial charge on any atom is 0.343 e. The molecule has 1 aromatic heterocycles. The third-order valence-corrected chi connectivity index (χ3v) is 6.51. The Morgan fingerprint density at radius 2 is 1.95 bits per heavy atom. The van der Waals surface area contributed by atoms with Gasteiger partial charge in [0.2, 0.25) is 0 Å². The van der Waals surface area contributed by atoms with Gasteiger partial charge in [-0.2, -0.15) is 0 Å². The lowest BCUT2D eigenvalue weighted by molar-refractivity contribution is 0.0730. The van der Waals surface area contributed by atoms with Gasteiger partial charge in [-0.25, -0.2) is 19.0 Å². The molecule has 3 aromatic rings. The number of urea groups is 1. The van der Waals surface area contributed by atoms with Gasteiger partial charge in [-0.15, -0.1) is 0 Å². The monoisotopic (exact) mass is 582 g/mol. The fourth-order valence-corrected chi connectivity index (χ4v) is 4.40. The molecular weight excluding hydrogens is 555 g/mol. The summed E-state index contributed by atoms with van der Waals surface area (Å²) in [5.41, 5.74) is 1.25. The van der Waals surface area contributed by atoms with Gasteiger partial charge in [-0.05, 0) is 78.2 Å². The third kappa shape index (κ3) is 6.55. The van der Waals surface area contributed by atoms with E-state index in [1.165, 1.54) is 12.1 Å². The third-order valence-electron chi connectivity index (χ3n) is 6.04. The molecule has 8 nitrogen and oxygen atoms in total. The smallest absolute Gasteiger partial charge is 0.343 e. The second-order valence-electron chi connectivity index (χ2n) is 8.92. The molecule has 1 fully saturated rings. The van der Waals surface area contributed by atoms with Gasteiger partial charge in [0, 0.05) is 46.8 Å². The van der Waals surface area contributed by atoms with Gasteiger partial charge in [-0.1, -0.05) is 13.0 Å². The van der Waals surface area contributed by atoms with Crippen LogP contribution in [0.3, 0.4) is 0 Å². The van der Waals surface area contributed by atoms with E-state index < -0.39 is 29.8 Å². The van der Waals surface area contributed by atoms with Crippen LogP contribution in [0.25, 0.3) is 0 Å². The van der Waals surface area contributed by atoms with Crippen molar-refractivity contribution in [3.63, 3.8) is 0 Å². The van der Waals surface area contributed by atoms with Crippen LogP contribution >= 0.6 is 15.9 Å². The summed E-state index contributed by atoms with van der Waals surface area (Å²) in [6.07, 6.45) is 2.78. The molecule has 0 unspecified atom stereocenters. The number of Topliss-reactive ketones (excluding diaryl/α,β-unsaturated/α-hetero) is 1. The van der Waals surface area contributed by atoms with E-state index in [4.69, 9.17) is 4.74 Å². The number of aromatic nitrogens is 1. The summed E-state index contributed by atoms with van der Waals surface area (Å²) in [5.74, 6) is -1.76. The summed E-state index contributed by atoms with van der Waals surface area (Å²) < 4.78 is 21.7. The van der Waals surface area contributed by atoms with Crippen LogP contribution in [0.2, 0.25) is 0 Å². The SMILES string of the molecule is CCCC(=O)c1ccc(F)c([C@H]2C[C@H]2NC(=O)Nc2ccc(Br)cn2)c1OC(=O)c1cccc(NCC)c1. The van der Waals surface area contributed by atoms with Gasteiger partial charge in [0.05, 0.1) is 11.1 Å². The Morgan fingerprint density at radius 3 is 2.66 bits per heavy atom. The molecule has 1 heterocycles. The van der Waals surface area contributed by atoms with Crippen molar-refractivity contribution in [2.45, 2.75) is 45.1 Å². The van der Waals surface area contributed by atoms with E-state index in [1.807, 2.05) is 19.9 Å². The first kappa shape index (κ1) is 27.3. The minimum Gasteiger partial charge on any atom is -0.422 e. The average Bonchev–Trinajstić information content (AvgIpc) is 3.64. The summed E-state index contributed by atoms with van der Waals surface area (Å²) in [6.45, 7) is 4.47. The van der Waals surface area contributed by atoms with Crippen LogP contribution in [0, 0.1) is 5.82 Å². The van der Waals surface area contributed by atoms with Crippen LogP contribution in [0.1, 0.15) is 65.3 Å². The first-order valence-electron chi connectivity index (χ1n) is 12.4. The number of carbonyl (C=O) groups is 3. The summed E-state index contributed by atoms with van der Waals surface area (Å²) >= 11 is 3.29. The Balaban J connectivity index is 1.58. The van der Waals surface area contributed by atoms with E-state index in [2.05, 4.69) is 36.9 Å². The van der Waals surface area contributed by atoms with Gasteiger partial charge in [0.15, 0.2) is 5.78 Å². The van der Waals surface area contributed by atoms with Gasteiger partial charge < -0.3 is 15.4 Å². The highest BCUT2D eigenvalue weighted by molar-refractivity contribution is 9.10. The number of esters is 1. The predicted molar refractivity (Wildman–Crippen MR) is 146 cm³/mol. The molecule has 3 N–H and O–H groups in total. The number of nitrogens with zero attached hydrogens (tertiary/aromatic N) is 1. The number of rotatable bonds is 10. The summed E-state index contributed by atoms with van der Waals surface area (Å²) in [4.78, 5) is 42.6. The normalized spacial score (nSPS) is 15.9. The minimum absolute atomic E-state index is 0.0911. The number of amides is 2. The number of ether oxygens (including phenoxy) is 1. The molecule has 0 aliphatic heterocycles. The fraction of sp³-hybridized carbons (Fsp3) is 0.286. The van der Waals surface area contributed by atoms with Crippen LogP contribution in [0.15, 0.2) is 59.2 Å². The van der Waals surface area contributed by atoms with Gasteiger partial charge >= 0.3 is 12.0 Å². The lowest BCUT2D eigenvalue weighted by atomic mass is 9.99. The summed E-state index contributed by atoms with van der Waals surface area (Å²) in [5, 5.41) is 8.57. The predicted octanol–water partition coefficient (Wildman–Crippen LogP) is 6.29. The van der Waals surface area contributed by atoms with Crippen molar-refractivity contribution in [1.29, 1.82) is 0 Å². The van der Waals surface area contributed by atoms with Gasteiger partial charge in [0.1, 0.15) is 17.4 Å². The molecule has 1 saturated carbocycles. The van der Waals surface area contributed by atoms with Crippen molar-refractivity contribution >= 4 is 45.2 Å². The molecule has 0 spiro atoms. The first-order valence-corrected chi connectivity index (χ1v) is 13.2. The molecule has 2 aromatic carbocycles. The second kappa shape index (κ2) is 12.2. The molecule has 4 rings (SSSR count). The zero-order valence-electron chi connectivity index (χ0n) is 21.0. The van der Waals surface area contributed by atoms with Crippen LogP contribution in [0.4, 0.5) is 20.7 Å². The summed E-state index contributed by atoms with van der Waals surface area (Å²) in [6, 6.07) is 11.8. The highest BCUT2D eigenvalue weighted by Gasteiger charge is 2.44. The largest absolute Gasteiger partial charge is 0.422 e. The van der Waals surface area contributed by atoms with Gasteiger partial charge in [-0.3, -0.25) is 10.1 Å². The quantitative estimate of drug-likeness (QED) is 0.147. The lowest BCUT2D eigenvalue weighted by Crippen LogP contribution is -2.31. The van der Waals surface area contributed by atoms with Crippen molar-refractivity contribution in [1.82, 2.24) is 10.3 Å². The Hall–Kier alpha value is -3.79. The standard InChI is InChI=1S/C28H28BrFN4O4/c1-3-6-23(35)19-10-11-21(30)25(26(19)38-27(36)16-7-5-8-18(13-16)31-4-2)20-14-22(20)33-28(37)34-24-12-9-17(29)15-32-24/h5,7-13,15,20,22,31H,3-4,6,14H2,1-2H3,(H2,32,33,34,37)/t20-,22+/m0/s1. The first-order chi connectivity index (χ1) is 18.3. The molecule has 0 saturated heterocycles. The Bertz CT molecular complexity index is 1350. The molecule has 198 valence electrons. The number of pyridine rings is 1. The number of benzene rings is 2. The van der Waals surface area contributed by atoms with E-state index in [-0.39, 0.29) is 34.6 Å². The molecule has 2 atom stereocenters. The number of hydrogen-bond donors (Lipinski definition) is 3. The zero-order valence-corrected chi connectivity index (χ0v) is 22.6. The molecule has 2 amide bonds. The lowest BCUT2D eigenvalue weighted by Gasteiger charge is -2.16. The zero-order chi connectivity index (χ0) is 27.2. The highest BCUT2D eigenvalue weighted by atomic mass is 79.9. The van der Waals surface area contributed by atoms with Crippen molar-refractivity contribution in [3.05, 3.63) is 81.7 Å². The van der Waals surface area contributed by atoms with Crippen molar-refractivity contribution < 1.29 is 23.5 Å². The molecular formula is C28H28BrFN4O4. The number of anilines is 2. The molecule has 0 bridgehead atoms. The van der Waals surface area contributed by atoms with Crippen molar-refractivity contribution in [3.8, 4) is 5.75 Å². The molecule has 38 heavy (non-hydrogen) atoms. The number of halogens is 2. The molecule has 1 aliphatic carbocycles. The van der Waals surface area contributed by atoms with Crippen LogP contribution in [0.5, 0.6) is 5.75 Å². The van der Waals surface area contributed by atoms with Crippen LogP contribution in [-0.4, -0.2) is 35.4 Å². The Labute approximate surface area is 228 Å². The van der Waals surface area contributed by atoms with E-state index in [1.54, 1.807) is 36.5 Å². The van der Waals surface area contributed by atoms with Crippen molar-refractivity contribution in [2.24, 2.45) is 0 Å². The van der Waals surface area contributed by atoms with E-state index >= 15 is 4.39 Å². The number of nitrogens with one attached hydrogen (secondary N) is 3. The number of ketones is 1. The Morgan fingerprint density at radius 1 is 1.13 bits per heavy atom. The van der Waals surface area contributed by atoms with Gasteiger partial charge in [0.25, 0.3) is 0 Å². The van der Waals surface area contributed by atoms with E-state index in [0.717, 1.165) is 10.2 Å². The van der Waals surface area contributed by atoms with E-state index in [9.17, 15) is 14.4 Å². The van der Waals surface area contributed by atoms with Crippen molar-refractivity contribution in [2.75, 3.05) is 17.2 Å². The second-order valence-corrected chi connectivity index (χ2v) is 9.84. The van der Waals surface area contributed by atoms with Crippen LogP contribution in [-0.2, 0) is 0 Å². The summed E-state index contributed by atoms with van der Waals surface area (Å²) in [7, 11) is 0. The van der Waals surface area contributed by atoms with E-state index in [0.29, 0.717) is 25.2 Å². The highest BCUT2D eigenvalue weighted by Crippen LogP contribution is 2.47. The fourth-order valence-electron chi connectivity index (χ4n) is 4.17. The van der Waals surface area contributed by atoms with Crippen LogP contribution < -0.4 is 20.7 Å². The minimum atomic E-state index is -0.702. The molecule has 10 heteroatoms. The maximum absolute atomic E-state index is 15.2. The average molecular weight is 583 g/mol. The molecule has 0 radical (unpaired) electrons. The molecule has 1 aliphatic rings. The number of hydrogen-bond acceptors (Lipinski definition) is 6. The number of carbonyl (C=O) groups excluding carboxylic acids is 3. The maximum atomic E-state index is 15.2. The topological polar surface area (TPSA) is 109 Å².